The van der Waals surface area contributed by atoms with Gasteiger partial charge in [0.25, 0.3) is 5.56 Å². The minimum absolute atomic E-state index is 0.0207. The second-order valence-corrected chi connectivity index (χ2v) is 5.52. The van der Waals surface area contributed by atoms with Crippen molar-refractivity contribution in [3.63, 3.8) is 0 Å². The SMILES string of the molecule is C=C(C)COc1c(C#N)c(CC)n(-c2ccccc2)c(=O)c1C(=O)O. The number of para-hydroxylation sites is 1. The molecule has 0 bridgehead atoms. The van der Waals surface area contributed by atoms with Crippen LogP contribution >= 0.6 is 0 Å². The van der Waals surface area contributed by atoms with Crippen LogP contribution in [0.2, 0.25) is 0 Å². The molecule has 1 heterocycles. The molecule has 6 heteroatoms. The van der Waals surface area contributed by atoms with Crippen molar-refractivity contribution in [1.82, 2.24) is 4.57 Å². The molecular weight excluding hydrogens is 320 g/mol. The monoisotopic (exact) mass is 338 g/mol. The van der Waals surface area contributed by atoms with E-state index in [1.54, 1.807) is 44.2 Å². The number of ether oxygens (including phenoxy) is 1. The van der Waals surface area contributed by atoms with Crippen LogP contribution in [0, 0.1) is 11.3 Å². The minimum atomic E-state index is -1.44. The number of hydrogen-bond donors (Lipinski definition) is 1. The van der Waals surface area contributed by atoms with Gasteiger partial charge in [-0.2, -0.15) is 5.26 Å². The van der Waals surface area contributed by atoms with Crippen molar-refractivity contribution in [2.45, 2.75) is 20.3 Å². The van der Waals surface area contributed by atoms with Crippen molar-refractivity contribution >= 4 is 5.97 Å². The zero-order valence-corrected chi connectivity index (χ0v) is 14.1. The van der Waals surface area contributed by atoms with Crippen molar-refractivity contribution < 1.29 is 14.6 Å². The topological polar surface area (TPSA) is 92.3 Å². The second kappa shape index (κ2) is 7.49. The number of benzene rings is 1. The Labute approximate surface area is 145 Å². The van der Waals surface area contributed by atoms with Gasteiger partial charge in [0.1, 0.15) is 18.2 Å². The zero-order chi connectivity index (χ0) is 18.6. The van der Waals surface area contributed by atoms with Crippen LogP contribution in [0.25, 0.3) is 5.69 Å². The van der Waals surface area contributed by atoms with E-state index in [9.17, 15) is 20.0 Å². The Morgan fingerprint density at radius 1 is 1.36 bits per heavy atom. The Morgan fingerprint density at radius 3 is 2.48 bits per heavy atom. The lowest BCUT2D eigenvalue weighted by molar-refractivity contribution is 0.0690. The Hall–Kier alpha value is -3.33. The van der Waals surface area contributed by atoms with Crippen LogP contribution in [0.3, 0.4) is 0 Å². The third kappa shape index (κ3) is 3.45. The molecule has 128 valence electrons. The number of aromatic carboxylic acids is 1. The molecule has 2 aromatic rings. The van der Waals surface area contributed by atoms with E-state index in [0.717, 1.165) is 0 Å². The number of carbonyl (C=O) groups is 1. The highest BCUT2D eigenvalue weighted by Crippen LogP contribution is 2.27. The fourth-order valence-electron chi connectivity index (χ4n) is 2.53. The van der Waals surface area contributed by atoms with Crippen LogP contribution in [0.15, 0.2) is 47.3 Å². The van der Waals surface area contributed by atoms with Crippen molar-refractivity contribution in [1.29, 1.82) is 5.26 Å². The standard InChI is InChI=1S/C19H18N2O4/c1-4-15-14(10-20)17(25-11-12(2)3)16(19(23)24)18(22)21(15)13-8-6-5-7-9-13/h5-9H,2,4,11H2,1,3H3,(H,23,24). The van der Waals surface area contributed by atoms with E-state index in [2.05, 4.69) is 6.58 Å². The molecule has 0 aliphatic carbocycles. The summed E-state index contributed by atoms with van der Waals surface area (Å²) < 4.78 is 6.74. The van der Waals surface area contributed by atoms with Crippen molar-refractivity contribution in [2.24, 2.45) is 0 Å². The van der Waals surface area contributed by atoms with Crippen molar-refractivity contribution in [2.75, 3.05) is 6.61 Å². The lowest BCUT2D eigenvalue weighted by Gasteiger charge is -2.18. The van der Waals surface area contributed by atoms with Gasteiger partial charge in [-0.15, -0.1) is 0 Å². The molecule has 1 N–H and O–H groups in total. The largest absolute Gasteiger partial charge is 0.487 e. The van der Waals surface area contributed by atoms with Gasteiger partial charge in [-0.05, 0) is 31.1 Å². The van der Waals surface area contributed by atoms with Gasteiger partial charge in [0, 0.05) is 11.4 Å². The van der Waals surface area contributed by atoms with E-state index < -0.39 is 17.1 Å². The van der Waals surface area contributed by atoms with E-state index >= 15 is 0 Å². The number of carboxylic acid groups (broad SMARTS) is 1. The number of nitriles is 1. The highest BCUT2D eigenvalue weighted by molar-refractivity contribution is 5.91. The van der Waals surface area contributed by atoms with Crippen LogP contribution in [0.5, 0.6) is 5.75 Å². The fraction of sp³-hybridized carbons (Fsp3) is 0.211. The molecule has 25 heavy (non-hydrogen) atoms. The number of pyridine rings is 1. The molecule has 0 spiro atoms. The van der Waals surface area contributed by atoms with Gasteiger partial charge in [0.15, 0.2) is 11.3 Å². The van der Waals surface area contributed by atoms with E-state index in [4.69, 9.17) is 4.74 Å². The van der Waals surface area contributed by atoms with E-state index in [0.29, 0.717) is 23.4 Å². The molecule has 0 radical (unpaired) electrons. The highest BCUT2D eigenvalue weighted by Gasteiger charge is 2.27. The summed E-state index contributed by atoms with van der Waals surface area (Å²) in [6.07, 6.45) is 0.357. The molecule has 6 nitrogen and oxygen atoms in total. The molecule has 0 aliphatic rings. The first-order chi connectivity index (χ1) is 11.9. The van der Waals surface area contributed by atoms with Gasteiger partial charge >= 0.3 is 5.97 Å². The van der Waals surface area contributed by atoms with Gasteiger partial charge in [-0.3, -0.25) is 9.36 Å². The predicted octanol–water partition coefficient (Wildman–Crippen LogP) is 2.92. The molecule has 0 aliphatic heterocycles. The number of hydrogen-bond acceptors (Lipinski definition) is 4. The molecule has 0 atom stereocenters. The zero-order valence-electron chi connectivity index (χ0n) is 14.1. The van der Waals surface area contributed by atoms with Gasteiger partial charge in [0.2, 0.25) is 0 Å². The quantitative estimate of drug-likeness (QED) is 0.818. The number of aromatic nitrogens is 1. The third-order valence-corrected chi connectivity index (χ3v) is 3.57. The first kappa shape index (κ1) is 18.0. The molecule has 0 amide bonds. The summed E-state index contributed by atoms with van der Waals surface area (Å²) in [5.74, 6) is -1.64. The van der Waals surface area contributed by atoms with Crippen LogP contribution in [-0.4, -0.2) is 22.2 Å². The van der Waals surface area contributed by atoms with Crippen LogP contribution in [0.4, 0.5) is 0 Å². The van der Waals surface area contributed by atoms with Crippen LogP contribution in [-0.2, 0) is 6.42 Å². The predicted molar refractivity (Wildman–Crippen MR) is 93.4 cm³/mol. The summed E-state index contributed by atoms with van der Waals surface area (Å²) in [5, 5.41) is 19.1. The number of rotatable bonds is 6. The Morgan fingerprint density at radius 2 is 2.00 bits per heavy atom. The summed E-state index contributed by atoms with van der Waals surface area (Å²) in [6, 6.07) is 10.6. The Kier molecular flexibility index (Phi) is 5.40. The Bertz CT molecular complexity index is 921. The summed E-state index contributed by atoms with van der Waals surface area (Å²) in [4.78, 5) is 24.6. The lowest BCUT2D eigenvalue weighted by atomic mass is 10.1. The first-order valence-corrected chi connectivity index (χ1v) is 7.70. The van der Waals surface area contributed by atoms with E-state index in [-0.39, 0.29) is 17.9 Å². The Balaban J connectivity index is 2.91. The maximum Gasteiger partial charge on any atom is 0.345 e. The maximum absolute atomic E-state index is 12.9. The summed E-state index contributed by atoms with van der Waals surface area (Å²) in [7, 11) is 0. The third-order valence-electron chi connectivity index (χ3n) is 3.57. The summed E-state index contributed by atoms with van der Waals surface area (Å²) >= 11 is 0. The van der Waals surface area contributed by atoms with Gasteiger partial charge in [-0.25, -0.2) is 4.79 Å². The second-order valence-electron chi connectivity index (χ2n) is 5.52. The average molecular weight is 338 g/mol. The average Bonchev–Trinajstić information content (AvgIpc) is 2.59. The van der Waals surface area contributed by atoms with Crippen LogP contribution in [0.1, 0.15) is 35.5 Å². The molecular formula is C19H18N2O4. The molecule has 0 saturated heterocycles. The minimum Gasteiger partial charge on any atom is -0.487 e. The fourth-order valence-corrected chi connectivity index (χ4v) is 2.53. The van der Waals surface area contributed by atoms with E-state index in [1.165, 1.54) is 4.57 Å². The van der Waals surface area contributed by atoms with Crippen LogP contribution < -0.4 is 10.3 Å². The van der Waals surface area contributed by atoms with Gasteiger partial charge in [0.05, 0.1) is 0 Å². The number of nitrogens with zero attached hydrogens (tertiary/aromatic N) is 2. The van der Waals surface area contributed by atoms with E-state index in [1.807, 2.05) is 6.07 Å². The van der Waals surface area contributed by atoms with Gasteiger partial charge < -0.3 is 9.84 Å². The highest BCUT2D eigenvalue weighted by atomic mass is 16.5. The summed E-state index contributed by atoms with van der Waals surface area (Å²) in [6.45, 7) is 7.21. The lowest BCUT2D eigenvalue weighted by Crippen LogP contribution is -2.30. The van der Waals surface area contributed by atoms with Crippen molar-refractivity contribution in [3.8, 4) is 17.5 Å². The maximum atomic E-state index is 12.9. The first-order valence-electron chi connectivity index (χ1n) is 7.70. The molecule has 1 aromatic heterocycles. The summed E-state index contributed by atoms with van der Waals surface area (Å²) in [5.41, 5.74) is 0.301. The smallest absolute Gasteiger partial charge is 0.345 e. The molecule has 0 saturated carbocycles. The normalized spacial score (nSPS) is 10.1. The van der Waals surface area contributed by atoms with Crippen molar-refractivity contribution in [3.05, 3.63) is 69.7 Å². The molecule has 2 rings (SSSR count). The molecule has 0 fully saturated rings. The number of carboxylic acids is 1. The van der Waals surface area contributed by atoms with Gasteiger partial charge in [-0.1, -0.05) is 31.7 Å². The molecule has 0 unspecified atom stereocenters. The molecule has 1 aromatic carbocycles.